The van der Waals surface area contributed by atoms with Crippen molar-refractivity contribution < 1.29 is 38.5 Å². The summed E-state index contributed by atoms with van der Waals surface area (Å²) in [5, 5.41) is 37.8. The smallest absolute Gasteiger partial charge is 0.321 e. The van der Waals surface area contributed by atoms with Gasteiger partial charge in [-0.2, -0.15) is 0 Å². The van der Waals surface area contributed by atoms with Crippen molar-refractivity contribution in [3.63, 3.8) is 0 Å². The number of likely N-dealkylation sites (tertiary alicyclic amines) is 6. The first-order chi connectivity index (χ1) is 57.7. The Morgan fingerprint density at radius 2 is 0.873 bits per heavy atom. The normalized spacial score (nSPS) is 24.4. The average molecular weight is 1640 g/mol. The summed E-state index contributed by atoms with van der Waals surface area (Å²) in [4.78, 5) is 79.4. The molecule has 0 spiro atoms. The fraction of sp³-hybridized carbons (Fsp3) is 0.515. The predicted molar refractivity (Wildman–Crippen MR) is 465 cm³/mol. The number of piperidine rings is 3. The number of carbonyl (C=O) groups is 3. The second kappa shape index (κ2) is 39.5. The number of aliphatic carboxylic acids is 3. The number of nitrogens with zero attached hydrogens (tertiary/aromatic N) is 10. The minimum atomic E-state index is -0.709. The van der Waals surface area contributed by atoms with Crippen LogP contribution in [0, 0.1) is 47.1 Å². The van der Waals surface area contributed by atoms with E-state index in [9.17, 15) is 43.3 Å². The Hall–Kier alpha value is -8.25. The van der Waals surface area contributed by atoms with Crippen LogP contribution in [0.5, 0.6) is 0 Å². The second-order valence-corrected chi connectivity index (χ2v) is 37.5. The molecule has 624 valence electrons. The van der Waals surface area contributed by atoms with Crippen molar-refractivity contribution in [1.82, 2.24) is 48.9 Å². The highest BCUT2D eigenvalue weighted by Crippen LogP contribution is 2.45. The van der Waals surface area contributed by atoms with E-state index in [0.29, 0.717) is 53.4 Å². The number of fused-ring (bicyclic) bond motifs is 1. The van der Waals surface area contributed by atoms with Crippen molar-refractivity contribution >= 4 is 51.5 Å². The molecule has 9 aliphatic rings. The monoisotopic (exact) mass is 1640 g/mol. The number of rotatable bonds is 24. The minimum Gasteiger partial charge on any atom is -0.480 e. The first-order valence-corrected chi connectivity index (χ1v) is 46.0. The summed E-state index contributed by atoms with van der Waals surface area (Å²) >= 11 is 3.37. The highest BCUT2D eigenvalue weighted by Gasteiger charge is 2.47. The zero-order chi connectivity index (χ0) is 81.0. The topological polar surface area (TPSA) is 192 Å². The van der Waals surface area contributed by atoms with Crippen molar-refractivity contribution in [2.75, 3.05) is 98.2 Å². The predicted octanol–water partition coefficient (Wildman–Crippen LogP) is 18.1. The van der Waals surface area contributed by atoms with E-state index in [4.69, 9.17) is 9.97 Å². The zero-order valence-electron chi connectivity index (χ0n) is 68.2. The molecule has 3 aliphatic carbocycles. The van der Waals surface area contributed by atoms with Crippen molar-refractivity contribution in [2.24, 2.45) is 35.5 Å². The highest BCUT2D eigenvalue weighted by atomic mass is 32.1. The molecule has 3 unspecified atom stereocenters. The van der Waals surface area contributed by atoms with Gasteiger partial charge in [-0.25, -0.2) is 23.7 Å². The summed E-state index contributed by atoms with van der Waals surface area (Å²) in [7, 11) is 0. The van der Waals surface area contributed by atoms with Crippen molar-refractivity contribution in [3.8, 4) is 21.1 Å². The van der Waals surface area contributed by atoms with Crippen LogP contribution in [0.3, 0.4) is 0 Å². The maximum atomic E-state index is 14.2. The Morgan fingerprint density at radius 1 is 0.432 bits per heavy atom. The van der Waals surface area contributed by atoms with E-state index in [-0.39, 0.29) is 59.0 Å². The third-order valence-corrected chi connectivity index (χ3v) is 30.2. The number of carboxylic acid groups (broad SMARTS) is 3. The third-order valence-electron chi connectivity index (χ3n) is 28.4. The molecular formula is C97H118F2N10O7S2. The number of hydrogen-bond acceptors (Lipinski definition) is 15. The molecular weight excluding hydrogens is 1520 g/mol. The van der Waals surface area contributed by atoms with Crippen molar-refractivity contribution in [1.29, 1.82) is 0 Å². The summed E-state index contributed by atoms with van der Waals surface area (Å²) in [5.74, 6) is 1.51. The second-order valence-electron chi connectivity index (χ2n) is 35.8. The van der Waals surface area contributed by atoms with Gasteiger partial charge in [-0.05, 0) is 198 Å². The van der Waals surface area contributed by atoms with E-state index >= 15 is 0 Å². The quantitative estimate of drug-likeness (QED) is 0.0517. The SMILES string of the molecule is O=C(O)[C@@H](C1CCCCC1)N1CC(c2ccccc2)[C@@H](CN2CCC(c3csc(-c4ccc(F)cc4)n3)CC2)C1.O=C(O)[C@@H](C1CCCCC1)N1CC(c2ccccc2)[C@@H](CN2CCC(n3cnc4ccccc4c3=O)CC2)C1.O=C(O)[C@@H](CC1CCC1)N1CC(c2cccc(F)c2)[C@@H](CN2CCC(c3csc(-c4ccccc4)n3)CC2)C1. The van der Waals surface area contributed by atoms with Crippen molar-refractivity contribution in [3.05, 3.63) is 231 Å². The van der Waals surface area contributed by atoms with Gasteiger partial charge >= 0.3 is 17.9 Å². The molecule has 0 amide bonds. The molecule has 6 aromatic carbocycles. The molecule has 3 N–H and O–H groups in total. The van der Waals surface area contributed by atoms with Crippen LogP contribution in [-0.2, 0) is 14.4 Å². The van der Waals surface area contributed by atoms with Crippen LogP contribution >= 0.6 is 22.7 Å². The van der Waals surface area contributed by atoms with Gasteiger partial charge in [0.05, 0.1) is 28.6 Å². The molecule has 3 saturated carbocycles. The fourth-order valence-corrected chi connectivity index (χ4v) is 23.7. The molecule has 3 aromatic heterocycles. The van der Waals surface area contributed by atoms with Gasteiger partial charge in [0.2, 0.25) is 0 Å². The number of carboxylic acids is 3. The molecule has 0 bridgehead atoms. The lowest BCUT2D eigenvalue weighted by Gasteiger charge is -2.35. The Balaban J connectivity index is 0.000000132. The fourth-order valence-electron chi connectivity index (χ4n) is 21.8. The van der Waals surface area contributed by atoms with E-state index in [2.05, 4.69) is 130 Å². The van der Waals surface area contributed by atoms with Gasteiger partial charge in [-0.3, -0.25) is 38.4 Å². The van der Waals surface area contributed by atoms with Gasteiger partial charge in [0, 0.05) is 130 Å². The van der Waals surface area contributed by atoms with E-state index < -0.39 is 23.9 Å². The summed E-state index contributed by atoms with van der Waals surface area (Å²) < 4.78 is 29.4. The van der Waals surface area contributed by atoms with Gasteiger partial charge in [0.1, 0.15) is 39.8 Å². The Morgan fingerprint density at radius 3 is 1.35 bits per heavy atom. The number of aromatic nitrogens is 4. The summed E-state index contributed by atoms with van der Waals surface area (Å²) in [5.41, 5.74) is 8.99. The van der Waals surface area contributed by atoms with Crippen LogP contribution in [0.2, 0.25) is 0 Å². The average Bonchev–Trinajstić information content (AvgIpc) is 1.51. The Bertz CT molecular complexity index is 4790. The molecule has 9 atom stereocenters. The molecule has 18 rings (SSSR count). The molecule has 9 aromatic rings. The van der Waals surface area contributed by atoms with E-state index in [1.54, 1.807) is 53.3 Å². The molecule has 6 saturated heterocycles. The van der Waals surface area contributed by atoms with Crippen LogP contribution in [-0.4, -0.2) is 198 Å². The highest BCUT2D eigenvalue weighted by molar-refractivity contribution is 7.13. The maximum Gasteiger partial charge on any atom is 0.321 e. The first-order valence-electron chi connectivity index (χ1n) is 44.3. The van der Waals surface area contributed by atoms with Gasteiger partial charge in [0.15, 0.2) is 0 Å². The number of benzene rings is 6. The first kappa shape index (κ1) is 83.4. The van der Waals surface area contributed by atoms with Crippen LogP contribution in [0.25, 0.3) is 32.0 Å². The molecule has 0 radical (unpaired) electrons. The number of hydrogen-bond donors (Lipinski definition) is 3. The van der Waals surface area contributed by atoms with E-state index in [0.717, 1.165) is 233 Å². The standard InChI is InChI=1S/C33H40FN3O2S.C32H38FN3O2S.C32H40N4O3/c34-28-13-11-26(12-14-28)32-35-30(22-40-32)24-15-17-36(18-16-24)19-27-20-37(21-29(27)23-7-3-1-4-8-23)31(33(38)39)25-9-5-2-6-10-25;33-27-11-5-10-25(17-27)28-20-36(30(32(37)38)16-22-6-4-7-22)19-26(28)18-35-14-12-23(13-15-35)29-21-39-31(34-29)24-8-2-1-3-9-24;37-31-27-13-7-8-14-29(27)33-22-36(31)26-15-17-34(18-16-26)19-25-20-35(21-28(25)23-9-3-1-4-10-23)30(32(38)39)24-11-5-2-6-12-24/h1,3-4,7-8,11-14,22,24-25,27,29,31H,2,5-6,9-10,15-21H2,(H,38,39);1-3,5,8-11,17,21-23,26,28,30H,4,6-7,12-16,18-20H2,(H,37,38);1,3-4,7-10,13-14,22,24-26,28,30H,2,5-6,11-12,15-21H2,(H,38,39)/t27-,29?,31+;26-,28?,30+;25-,28?,30+/m000/s1. The van der Waals surface area contributed by atoms with E-state index in [1.807, 2.05) is 41.0 Å². The molecule has 118 heavy (non-hydrogen) atoms. The largest absolute Gasteiger partial charge is 0.480 e. The zero-order valence-corrected chi connectivity index (χ0v) is 69.9. The lowest BCUT2D eigenvalue weighted by molar-refractivity contribution is -0.146. The molecule has 6 aliphatic heterocycles. The number of halogens is 2. The van der Waals surface area contributed by atoms with Crippen LogP contribution in [0.4, 0.5) is 8.78 Å². The lowest BCUT2D eigenvalue weighted by Crippen LogP contribution is -2.46. The Labute approximate surface area is 702 Å². The molecule has 21 heteroatoms. The van der Waals surface area contributed by atoms with Gasteiger partial charge in [-0.1, -0.05) is 173 Å². The number of para-hydroxylation sites is 1. The summed E-state index contributed by atoms with van der Waals surface area (Å²) in [6.07, 6.45) is 23.4. The van der Waals surface area contributed by atoms with Crippen LogP contribution in [0.1, 0.15) is 192 Å². The van der Waals surface area contributed by atoms with Crippen molar-refractivity contribution in [2.45, 2.75) is 182 Å². The van der Waals surface area contributed by atoms with Gasteiger partial charge in [0.25, 0.3) is 5.56 Å². The Kier molecular flexibility index (Phi) is 27.9. The maximum absolute atomic E-state index is 14.2. The summed E-state index contributed by atoms with van der Waals surface area (Å²) in [6, 6.07) is 51.9. The molecule has 9 heterocycles. The minimum absolute atomic E-state index is 0.0528. The lowest BCUT2D eigenvalue weighted by atomic mass is 9.80. The van der Waals surface area contributed by atoms with E-state index in [1.165, 1.54) is 59.8 Å². The number of thiazole rings is 2. The van der Waals surface area contributed by atoms with Gasteiger partial charge in [-0.15, -0.1) is 22.7 Å². The van der Waals surface area contributed by atoms with Crippen LogP contribution in [0.15, 0.2) is 186 Å². The van der Waals surface area contributed by atoms with Gasteiger partial charge < -0.3 is 30.0 Å². The molecule has 9 fully saturated rings. The van der Waals surface area contributed by atoms with Crippen LogP contribution < -0.4 is 5.56 Å². The summed E-state index contributed by atoms with van der Waals surface area (Å²) in [6.45, 7) is 13.7. The third kappa shape index (κ3) is 20.3. The molecule has 17 nitrogen and oxygen atoms in total.